The topological polar surface area (TPSA) is 67.6 Å². The van der Waals surface area contributed by atoms with Crippen LogP contribution in [-0.4, -0.2) is 57.2 Å². The molecule has 0 radical (unpaired) electrons. The fourth-order valence-electron chi connectivity index (χ4n) is 1.78. The van der Waals surface area contributed by atoms with Crippen LogP contribution < -0.4 is 11.1 Å². The van der Waals surface area contributed by atoms with E-state index >= 15 is 0 Å². The van der Waals surface area contributed by atoms with Gasteiger partial charge in [-0.15, -0.1) is 0 Å². The molecule has 0 saturated carbocycles. The molecule has 98 valence electrons. The number of nitrogens with one attached hydrogen (secondary N) is 1. The molecule has 2 atom stereocenters. The van der Waals surface area contributed by atoms with Crippen LogP contribution in [0, 0.1) is 5.92 Å². The van der Waals surface area contributed by atoms with Gasteiger partial charge in [0.15, 0.2) is 0 Å². The molecule has 0 aromatic rings. The van der Waals surface area contributed by atoms with E-state index in [0.29, 0.717) is 13.2 Å². The molecule has 2 unspecified atom stereocenters. The molecule has 0 aromatic carbocycles. The maximum atomic E-state index is 11.7. The summed E-state index contributed by atoms with van der Waals surface area (Å²) in [6, 6.07) is 0.0372. The van der Waals surface area contributed by atoms with Crippen LogP contribution in [0.4, 0.5) is 0 Å². The van der Waals surface area contributed by atoms with Gasteiger partial charge in [0, 0.05) is 32.8 Å². The summed E-state index contributed by atoms with van der Waals surface area (Å²) in [4.78, 5) is 13.9. The highest BCUT2D eigenvalue weighted by atomic mass is 16.5. The first-order chi connectivity index (χ1) is 8.13. The minimum atomic E-state index is -0.0470. The molecule has 0 aromatic heterocycles. The second-order valence-electron chi connectivity index (χ2n) is 4.48. The number of amides is 1. The number of ether oxygens (including phenoxy) is 1. The lowest BCUT2D eigenvalue weighted by atomic mass is 10.1. The van der Waals surface area contributed by atoms with Crippen LogP contribution in [0.2, 0.25) is 0 Å². The van der Waals surface area contributed by atoms with Crippen molar-refractivity contribution >= 4 is 5.91 Å². The molecule has 0 aliphatic heterocycles. The van der Waals surface area contributed by atoms with Crippen molar-refractivity contribution in [2.24, 2.45) is 11.7 Å². The Balaban J connectivity index is 2.10. The second-order valence-corrected chi connectivity index (χ2v) is 4.48. The Bertz CT molecular complexity index is 268. The van der Waals surface area contributed by atoms with E-state index in [1.807, 2.05) is 19.2 Å². The molecule has 0 fully saturated rings. The number of hydrogen-bond acceptors (Lipinski definition) is 4. The van der Waals surface area contributed by atoms with Gasteiger partial charge in [0.05, 0.1) is 12.5 Å². The lowest BCUT2D eigenvalue weighted by Gasteiger charge is -2.17. The molecule has 3 N–H and O–H groups in total. The molecule has 5 heteroatoms. The fraction of sp³-hybridized carbons (Fsp3) is 0.750. The summed E-state index contributed by atoms with van der Waals surface area (Å²) >= 11 is 0. The third-order valence-electron chi connectivity index (χ3n) is 2.92. The lowest BCUT2D eigenvalue weighted by molar-refractivity contribution is -0.123. The summed E-state index contributed by atoms with van der Waals surface area (Å²) in [5.41, 5.74) is 5.71. The van der Waals surface area contributed by atoms with Crippen LogP contribution in [0.3, 0.4) is 0 Å². The van der Waals surface area contributed by atoms with E-state index in [2.05, 4.69) is 10.2 Å². The lowest BCUT2D eigenvalue weighted by Crippen LogP contribution is -2.37. The Morgan fingerprint density at radius 3 is 2.88 bits per heavy atom. The largest absolute Gasteiger partial charge is 0.383 e. The van der Waals surface area contributed by atoms with Gasteiger partial charge in [0.1, 0.15) is 0 Å². The monoisotopic (exact) mass is 241 g/mol. The summed E-state index contributed by atoms with van der Waals surface area (Å²) in [6.07, 6.45) is 4.52. The molecule has 0 spiro atoms. The Kier molecular flexibility index (Phi) is 6.18. The molecule has 5 nitrogen and oxygen atoms in total. The molecule has 17 heavy (non-hydrogen) atoms. The first kappa shape index (κ1) is 14.2. The summed E-state index contributed by atoms with van der Waals surface area (Å²) in [6.45, 7) is 3.08. The zero-order valence-electron chi connectivity index (χ0n) is 10.7. The average Bonchev–Trinajstić information content (AvgIpc) is 2.73. The van der Waals surface area contributed by atoms with Crippen molar-refractivity contribution < 1.29 is 9.53 Å². The molecule has 0 heterocycles. The highest BCUT2D eigenvalue weighted by Crippen LogP contribution is 2.15. The smallest absolute Gasteiger partial charge is 0.227 e. The number of nitrogens with two attached hydrogens (primary N) is 1. The number of carbonyl (C=O) groups excluding carboxylic acids is 1. The van der Waals surface area contributed by atoms with Gasteiger partial charge in [-0.05, 0) is 13.5 Å². The quantitative estimate of drug-likeness (QED) is 0.594. The van der Waals surface area contributed by atoms with E-state index in [4.69, 9.17) is 10.5 Å². The predicted octanol–water partition coefficient (Wildman–Crippen LogP) is -0.416. The maximum Gasteiger partial charge on any atom is 0.227 e. The normalized spacial score (nSPS) is 23.3. The van der Waals surface area contributed by atoms with E-state index < -0.39 is 0 Å². The third-order valence-corrected chi connectivity index (χ3v) is 2.92. The van der Waals surface area contributed by atoms with Crippen molar-refractivity contribution in [3.05, 3.63) is 12.2 Å². The zero-order chi connectivity index (χ0) is 12.7. The summed E-state index contributed by atoms with van der Waals surface area (Å²) in [5, 5.41) is 2.92. The van der Waals surface area contributed by atoms with Gasteiger partial charge < -0.3 is 20.7 Å². The van der Waals surface area contributed by atoms with Crippen molar-refractivity contribution in [2.75, 3.05) is 40.4 Å². The van der Waals surface area contributed by atoms with E-state index in [1.54, 1.807) is 7.11 Å². The van der Waals surface area contributed by atoms with Crippen molar-refractivity contribution in [3.63, 3.8) is 0 Å². The van der Waals surface area contributed by atoms with Crippen molar-refractivity contribution in [1.29, 1.82) is 0 Å². The SMILES string of the molecule is COCCN(C)CCNC(=O)C1C=CC(N)C1. The average molecular weight is 241 g/mol. The Labute approximate surface area is 103 Å². The van der Waals surface area contributed by atoms with E-state index in [1.165, 1.54) is 0 Å². The molecular weight excluding hydrogens is 218 g/mol. The second kappa shape index (κ2) is 7.42. The highest BCUT2D eigenvalue weighted by molar-refractivity contribution is 5.81. The zero-order valence-corrected chi connectivity index (χ0v) is 10.7. The van der Waals surface area contributed by atoms with Crippen LogP contribution in [0.15, 0.2) is 12.2 Å². The van der Waals surface area contributed by atoms with E-state index in [0.717, 1.165) is 19.5 Å². The Hall–Kier alpha value is -0.910. The molecule has 0 bridgehead atoms. The number of methoxy groups -OCH3 is 1. The minimum Gasteiger partial charge on any atom is -0.383 e. The van der Waals surface area contributed by atoms with Crippen LogP contribution >= 0.6 is 0 Å². The third kappa shape index (κ3) is 5.30. The molecule has 1 rings (SSSR count). The molecule has 0 saturated heterocycles. The van der Waals surface area contributed by atoms with Crippen molar-refractivity contribution in [3.8, 4) is 0 Å². The summed E-state index contributed by atoms with van der Waals surface area (Å²) < 4.78 is 4.98. The van der Waals surface area contributed by atoms with Gasteiger partial charge in [0.25, 0.3) is 0 Å². The Morgan fingerprint density at radius 2 is 2.29 bits per heavy atom. The van der Waals surface area contributed by atoms with Gasteiger partial charge in [-0.25, -0.2) is 0 Å². The van der Waals surface area contributed by atoms with Gasteiger partial charge in [-0.3, -0.25) is 4.79 Å². The Morgan fingerprint density at radius 1 is 1.53 bits per heavy atom. The fourth-order valence-corrected chi connectivity index (χ4v) is 1.78. The molecule has 1 aliphatic carbocycles. The number of rotatable bonds is 7. The van der Waals surface area contributed by atoms with Crippen molar-refractivity contribution in [1.82, 2.24) is 10.2 Å². The van der Waals surface area contributed by atoms with E-state index in [9.17, 15) is 4.79 Å². The number of likely N-dealkylation sites (N-methyl/N-ethyl adjacent to an activating group) is 1. The summed E-state index contributed by atoms with van der Waals surface area (Å²) in [5.74, 6) is 0.0311. The molecular formula is C12H23N3O2. The number of carbonyl (C=O) groups is 1. The maximum absolute atomic E-state index is 11.7. The van der Waals surface area contributed by atoms with E-state index in [-0.39, 0.29) is 17.9 Å². The van der Waals surface area contributed by atoms with Crippen molar-refractivity contribution in [2.45, 2.75) is 12.5 Å². The predicted molar refractivity (Wildman–Crippen MR) is 67.6 cm³/mol. The minimum absolute atomic E-state index is 0.0372. The first-order valence-corrected chi connectivity index (χ1v) is 6.02. The number of hydrogen-bond donors (Lipinski definition) is 2. The van der Waals surface area contributed by atoms with Crippen LogP contribution in [0.1, 0.15) is 6.42 Å². The summed E-state index contributed by atoms with van der Waals surface area (Å²) in [7, 11) is 3.70. The van der Waals surface area contributed by atoms with Crippen LogP contribution in [0.5, 0.6) is 0 Å². The number of nitrogens with zero attached hydrogens (tertiary/aromatic N) is 1. The van der Waals surface area contributed by atoms with Gasteiger partial charge in [0.2, 0.25) is 5.91 Å². The molecule has 1 amide bonds. The van der Waals surface area contributed by atoms with Gasteiger partial charge in [-0.1, -0.05) is 12.2 Å². The van der Waals surface area contributed by atoms with Crippen LogP contribution in [-0.2, 0) is 9.53 Å². The highest BCUT2D eigenvalue weighted by Gasteiger charge is 2.22. The molecule has 1 aliphatic rings. The first-order valence-electron chi connectivity index (χ1n) is 6.02. The van der Waals surface area contributed by atoms with Gasteiger partial charge >= 0.3 is 0 Å². The van der Waals surface area contributed by atoms with Gasteiger partial charge in [-0.2, -0.15) is 0 Å². The standard InChI is InChI=1S/C12H23N3O2/c1-15(7-8-17-2)6-5-14-12(16)10-3-4-11(13)9-10/h3-4,10-11H,5-9,13H2,1-2H3,(H,14,16). The van der Waals surface area contributed by atoms with Crippen LogP contribution in [0.25, 0.3) is 0 Å².